The number of aliphatic hydroxyl groups excluding tert-OH is 2. The number of carbonyl (C=O) groups excluding carboxylic acids is 2. The van der Waals surface area contributed by atoms with Gasteiger partial charge in [0.2, 0.25) is 5.91 Å². The molecule has 0 aromatic rings. The second-order valence-corrected chi connectivity index (χ2v) is 18.2. The van der Waals surface area contributed by atoms with Crippen LogP contribution in [-0.4, -0.2) is 46.9 Å². The van der Waals surface area contributed by atoms with Gasteiger partial charge in [-0.2, -0.15) is 0 Å². The number of rotatable bonds is 48. The smallest absolute Gasteiger partial charge is 0.306 e. The first-order valence-corrected chi connectivity index (χ1v) is 27.5. The molecule has 0 aliphatic carbocycles. The van der Waals surface area contributed by atoms with Crippen molar-refractivity contribution in [2.24, 2.45) is 0 Å². The molecule has 0 fully saturated rings. The molecule has 378 valence electrons. The zero-order valence-electron chi connectivity index (χ0n) is 43.0. The van der Waals surface area contributed by atoms with E-state index in [4.69, 9.17) is 4.74 Å². The Balaban J connectivity index is 4.73. The number of nitrogens with one attached hydrogen (secondary N) is 1. The number of esters is 1. The molecule has 6 heteroatoms. The molecule has 0 aliphatic heterocycles. The van der Waals surface area contributed by atoms with E-state index < -0.39 is 18.2 Å². The van der Waals surface area contributed by atoms with Crippen LogP contribution in [0.5, 0.6) is 0 Å². The van der Waals surface area contributed by atoms with Gasteiger partial charge < -0.3 is 20.3 Å². The highest BCUT2D eigenvalue weighted by molar-refractivity contribution is 5.77. The molecule has 1 amide bonds. The number of amides is 1. The molecule has 3 atom stereocenters. The van der Waals surface area contributed by atoms with Crippen LogP contribution >= 0.6 is 0 Å². The Morgan fingerprint density at radius 3 is 1.27 bits per heavy atom. The number of hydrogen-bond donors (Lipinski definition) is 3. The average molecular weight is 918 g/mol. The van der Waals surface area contributed by atoms with Gasteiger partial charge in [0, 0.05) is 6.42 Å². The lowest BCUT2D eigenvalue weighted by Crippen LogP contribution is -2.46. The number of aliphatic hydroxyl groups is 2. The molecule has 6 nitrogen and oxygen atoms in total. The second kappa shape index (κ2) is 52.7. The lowest BCUT2D eigenvalue weighted by atomic mass is 10.0. The third-order valence-corrected chi connectivity index (χ3v) is 11.9. The third-order valence-electron chi connectivity index (χ3n) is 11.9. The number of unbranched alkanes of at least 4 members (excludes halogenated alkanes) is 20. The summed E-state index contributed by atoms with van der Waals surface area (Å²) in [7, 11) is 0. The molecule has 3 N–H and O–H groups in total. The van der Waals surface area contributed by atoms with Crippen molar-refractivity contribution in [3.05, 3.63) is 97.2 Å². The summed E-state index contributed by atoms with van der Waals surface area (Å²) in [6, 6.07) is -0.727. The summed E-state index contributed by atoms with van der Waals surface area (Å²) in [5.74, 6) is -0.591. The molecular formula is C60H103NO5. The van der Waals surface area contributed by atoms with Crippen molar-refractivity contribution < 1.29 is 24.5 Å². The summed E-state index contributed by atoms with van der Waals surface area (Å²) in [6.07, 6.45) is 70.4. The van der Waals surface area contributed by atoms with E-state index in [2.05, 4.69) is 117 Å². The maximum Gasteiger partial charge on any atom is 0.306 e. The monoisotopic (exact) mass is 918 g/mol. The van der Waals surface area contributed by atoms with Gasteiger partial charge >= 0.3 is 5.97 Å². The largest absolute Gasteiger partial charge is 0.462 e. The van der Waals surface area contributed by atoms with Crippen LogP contribution < -0.4 is 5.32 Å². The minimum atomic E-state index is -0.809. The summed E-state index contributed by atoms with van der Waals surface area (Å²) >= 11 is 0. The van der Waals surface area contributed by atoms with E-state index in [1.165, 1.54) is 89.9 Å². The second-order valence-electron chi connectivity index (χ2n) is 18.2. The molecule has 0 rings (SSSR count). The highest BCUT2D eigenvalue weighted by atomic mass is 16.5. The van der Waals surface area contributed by atoms with Gasteiger partial charge in [-0.3, -0.25) is 9.59 Å². The zero-order chi connectivity index (χ0) is 48.1. The molecule has 0 aromatic heterocycles. The number of allylic oxidation sites excluding steroid dienone is 16. The van der Waals surface area contributed by atoms with Crippen molar-refractivity contribution >= 4 is 11.9 Å². The molecule has 0 saturated carbocycles. The normalized spacial score (nSPS) is 14.0. The molecule has 0 aliphatic rings. The van der Waals surface area contributed by atoms with E-state index in [9.17, 15) is 19.8 Å². The molecule has 0 radical (unpaired) electrons. The third kappa shape index (κ3) is 47.3. The summed E-state index contributed by atoms with van der Waals surface area (Å²) in [5, 5.41) is 23.8. The minimum absolute atomic E-state index is 0.0332. The molecule has 0 bridgehead atoms. The quantitative estimate of drug-likeness (QED) is 0.0321. The van der Waals surface area contributed by atoms with Gasteiger partial charge in [-0.25, -0.2) is 0 Å². The first-order valence-electron chi connectivity index (χ1n) is 27.5. The summed E-state index contributed by atoms with van der Waals surface area (Å²) in [5.41, 5.74) is 0. The molecular weight excluding hydrogens is 815 g/mol. The molecule has 0 aromatic carbocycles. The molecule has 3 unspecified atom stereocenters. The van der Waals surface area contributed by atoms with E-state index in [0.717, 1.165) is 103 Å². The molecule has 0 saturated heterocycles. The van der Waals surface area contributed by atoms with Crippen molar-refractivity contribution in [1.29, 1.82) is 0 Å². The van der Waals surface area contributed by atoms with Gasteiger partial charge in [0.05, 0.1) is 25.2 Å². The van der Waals surface area contributed by atoms with E-state index in [1.807, 2.05) is 6.08 Å². The average Bonchev–Trinajstić information content (AvgIpc) is 3.31. The van der Waals surface area contributed by atoms with Crippen molar-refractivity contribution in [3.63, 3.8) is 0 Å². The summed E-state index contributed by atoms with van der Waals surface area (Å²) < 4.78 is 5.90. The van der Waals surface area contributed by atoms with Crippen LogP contribution in [0.25, 0.3) is 0 Å². The molecule has 66 heavy (non-hydrogen) atoms. The van der Waals surface area contributed by atoms with Crippen molar-refractivity contribution in [1.82, 2.24) is 5.32 Å². The van der Waals surface area contributed by atoms with Gasteiger partial charge in [0.15, 0.2) is 0 Å². The molecule has 0 spiro atoms. The summed E-state index contributed by atoms with van der Waals surface area (Å²) in [4.78, 5) is 26.2. The van der Waals surface area contributed by atoms with Crippen LogP contribution in [0, 0.1) is 0 Å². The Morgan fingerprint density at radius 1 is 0.455 bits per heavy atom. The van der Waals surface area contributed by atoms with Crippen LogP contribution in [0.15, 0.2) is 97.2 Å². The zero-order valence-corrected chi connectivity index (χ0v) is 43.0. The number of ether oxygens (including phenoxy) is 1. The van der Waals surface area contributed by atoms with E-state index in [1.54, 1.807) is 0 Å². The predicted octanol–water partition coefficient (Wildman–Crippen LogP) is 16.9. The topological polar surface area (TPSA) is 95.9 Å². The maximum absolute atomic E-state index is 13.2. The lowest BCUT2D eigenvalue weighted by molar-refractivity contribution is -0.150. The van der Waals surface area contributed by atoms with Gasteiger partial charge in [-0.1, -0.05) is 234 Å². The fraction of sp³-hybridized carbons (Fsp3) is 0.700. The lowest BCUT2D eigenvalue weighted by Gasteiger charge is -2.24. The van der Waals surface area contributed by atoms with Gasteiger partial charge in [-0.15, -0.1) is 0 Å². The molecule has 0 heterocycles. The van der Waals surface area contributed by atoms with Crippen LogP contribution in [0.2, 0.25) is 0 Å². The number of hydrogen-bond acceptors (Lipinski definition) is 5. The standard InChI is InChI=1S/C60H103NO5/c1-4-7-10-13-16-19-22-25-27-28-29-30-32-35-38-41-44-47-50-53-60(65)66-56(51-48-45-42-39-36-34-31-26-23-20-17-14-11-8-5-2)54-59(64)61-57(55-62)58(63)52-49-46-43-40-37-33-24-21-18-15-12-9-6-3/h7,10,16-17,19-20,25-27,29-31,35,38,44,47,56-58,62-63H,4-6,8-9,11-15,18,21-24,28,32-34,36-37,39-43,45-46,48-55H2,1-3H3,(H,61,64)/b10-7-,19-16-,20-17-,27-25-,30-29-,31-26-,38-35-,47-44-. The van der Waals surface area contributed by atoms with E-state index in [0.29, 0.717) is 19.3 Å². The van der Waals surface area contributed by atoms with Crippen LogP contribution in [0.4, 0.5) is 0 Å². The van der Waals surface area contributed by atoms with Crippen LogP contribution in [0.1, 0.15) is 245 Å². The fourth-order valence-corrected chi connectivity index (χ4v) is 7.78. The van der Waals surface area contributed by atoms with Gasteiger partial charge in [-0.05, 0) is 96.3 Å². The Morgan fingerprint density at radius 2 is 0.818 bits per heavy atom. The number of carbonyl (C=O) groups is 2. The van der Waals surface area contributed by atoms with Gasteiger partial charge in [0.1, 0.15) is 6.10 Å². The Kier molecular flexibility index (Phi) is 50.2. The Bertz CT molecular complexity index is 1310. The predicted molar refractivity (Wildman–Crippen MR) is 287 cm³/mol. The van der Waals surface area contributed by atoms with E-state index >= 15 is 0 Å². The minimum Gasteiger partial charge on any atom is -0.462 e. The maximum atomic E-state index is 13.2. The highest BCUT2D eigenvalue weighted by Crippen LogP contribution is 2.17. The fourth-order valence-electron chi connectivity index (χ4n) is 7.78. The first-order chi connectivity index (χ1) is 32.5. The summed E-state index contributed by atoms with van der Waals surface area (Å²) in [6.45, 7) is 6.33. The van der Waals surface area contributed by atoms with Crippen molar-refractivity contribution in [2.75, 3.05) is 6.61 Å². The van der Waals surface area contributed by atoms with Crippen LogP contribution in [0.3, 0.4) is 0 Å². The van der Waals surface area contributed by atoms with E-state index in [-0.39, 0.29) is 31.3 Å². The highest BCUT2D eigenvalue weighted by Gasteiger charge is 2.24. The SMILES string of the molecule is CC/C=C\C/C=C\C/C=C\C/C=C\C/C=C\C/C=C\CCC(=O)OC(CCCCCCC/C=C\C/C=C\CCCCC)CC(=O)NC(CO)C(O)CCCCCCCCCCCCCCC. The first kappa shape index (κ1) is 62.8. The van der Waals surface area contributed by atoms with Crippen molar-refractivity contribution in [3.8, 4) is 0 Å². The van der Waals surface area contributed by atoms with Gasteiger partial charge in [0.25, 0.3) is 0 Å². The van der Waals surface area contributed by atoms with Crippen molar-refractivity contribution in [2.45, 2.75) is 264 Å². The van der Waals surface area contributed by atoms with Crippen LogP contribution in [-0.2, 0) is 14.3 Å². The Hall–Kier alpha value is -3.22. The Labute approximate surface area is 407 Å².